The third-order valence-electron chi connectivity index (χ3n) is 4.59. The Hall–Kier alpha value is -2.55. The van der Waals surface area contributed by atoms with Crippen molar-refractivity contribution in [2.75, 3.05) is 13.7 Å². The lowest BCUT2D eigenvalue weighted by atomic mass is 10.1. The maximum absolute atomic E-state index is 14.6. The van der Waals surface area contributed by atoms with Crippen LogP contribution in [0.1, 0.15) is 43.3 Å². The van der Waals surface area contributed by atoms with Crippen LogP contribution in [0.5, 0.6) is 5.75 Å². The third kappa shape index (κ3) is 4.30. The second-order valence-corrected chi connectivity index (χ2v) is 9.00. The van der Waals surface area contributed by atoms with E-state index in [-0.39, 0.29) is 15.3 Å². The molecule has 162 valence electrons. The van der Waals surface area contributed by atoms with E-state index in [1.165, 1.54) is 17.0 Å². The highest BCUT2D eigenvalue weighted by atomic mass is 32.1. The van der Waals surface area contributed by atoms with Gasteiger partial charge < -0.3 is 14.4 Å². The molecular weight excluding hydrogens is 419 g/mol. The largest absolute Gasteiger partial charge is 0.491 e. The summed E-state index contributed by atoms with van der Waals surface area (Å²) in [7, 11) is 1.04. The Morgan fingerprint density at radius 1 is 1.17 bits per heavy atom. The molecule has 0 spiro atoms. The zero-order chi connectivity index (χ0) is 22.2. The first-order valence-electron chi connectivity index (χ1n) is 9.39. The molecule has 1 saturated heterocycles. The molecule has 30 heavy (non-hydrogen) atoms. The molecule has 0 aliphatic carbocycles. The first kappa shape index (κ1) is 22.1. The summed E-state index contributed by atoms with van der Waals surface area (Å²) in [5.74, 6) is -5.41. The maximum Gasteiger partial charge on any atom is 0.329 e. The lowest BCUT2D eigenvalue weighted by molar-refractivity contribution is -0.159. The van der Waals surface area contributed by atoms with Crippen molar-refractivity contribution in [1.82, 2.24) is 4.90 Å². The Labute approximate surface area is 176 Å². The van der Waals surface area contributed by atoms with Gasteiger partial charge in [0.1, 0.15) is 11.6 Å². The van der Waals surface area contributed by atoms with E-state index in [4.69, 9.17) is 4.74 Å². The molecule has 1 unspecified atom stereocenters. The van der Waals surface area contributed by atoms with Gasteiger partial charge in [-0.05, 0) is 51.8 Å². The zero-order valence-corrected chi connectivity index (χ0v) is 17.9. The molecule has 0 bridgehead atoms. The quantitative estimate of drug-likeness (QED) is 0.506. The predicted octanol–water partition coefficient (Wildman–Crippen LogP) is 4.79. The van der Waals surface area contributed by atoms with Crippen molar-refractivity contribution in [3.63, 3.8) is 0 Å². The summed E-state index contributed by atoms with van der Waals surface area (Å²) < 4.78 is 52.1. The number of benzene rings is 1. The SMILES string of the molecule is COc1c(F)c(F)cc(-c2ccc(C(=O)N3CCCC3C(=O)OC(C)(C)C)s2)c1F. The van der Waals surface area contributed by atoms with Gasteiger partial charge in [0.15, 0.2) is 17.4 Å². The summed E-state index contributed by atoms with van der Waals surface area (Å²) in [4.78, 5) is 27.4. The minimum atomic E-state index is -1.41. The van der Waals surface area contributed by atoms with Crippen molar-refractivity contribution in [3.8, 4) is 16.2 Å². The van der Waals surface area contributed by atoms with Crippen LogP contribution < -0.4 is 4.74 Å². The van der Waals surface area contributed by atoms with Crippen LogP contribution >= 0.6 is 11.3 Å². The summed E-state index contributed by atoms with van der Waals surface area (Å²) in [5.41, 5.74) is -0.881. The number of hydrogen-bond acceptors (Lipinski definition) is 5. The molecular formula is C21H22F3NO4S. The topological polar surface area (TPSA) is 55.8 Å². The van der Waals surface area contributed by atoms with Gasteiger partial charge in [-0.2, -0.15) is 4.39 Å². The summed E-state index contributed by atoms with van der Waals surface area (Å²) in [5, 5.41) is 0. The number of esters is 1. The van der Waals surface area contributed by atoms with Gasteiger partial charge in [0.25, 0.3) is 5.91 Å². The fourth-order valence-electron chi connectivity index (χ4n) is 3.30. The minimum absolute atomic E-state index is 0.208. The number of likely N-dealkylation sites (tertiary alicyclic amines) is 1. The fraction of sp³-hybridized carbons (Fsp3) is 0.429. The van der Waals surface area contributed by atoms with Crippen molar-refractivity contribution in [2.24, 2.45) is 0 Å². The Bertz CT molecular complexity index is 983. The molecule has 2 aromatic rings. The van der Waals surface area contributed by atoms with E-state index >= 15 is 0 Å². The molecule has 3 rings (SSSR count). The van der Waals surface area contributed by atoms with Crippen molar-refractivity contribution in [2.45, 2.75) is 45.3 Å². The first-order chi connectivity index (χ1) is 14.0. The van der Waals surface area contributed by atoms with E-state index in [2.05, 4.69) is 4.74 Å². The first-order valence-corrected chi connectivity index (χ1v) is 10.2. The van der Waals surface area contributed by atoms with Crippen LogP contribution in [0.25, 0.3) is 10.4 Å². The number of hydrogen-bond donors (Lipinski definition) is 0. The number of carbonyl (C=O) groups excluding carboxylic acids is 2. The van der Waals surface area contributed by atoms with Crippen LogP contribution in [0.15, 0.2) is 18.2 Å². The normalized spacial score (nSPS) is 16.6. The van der Waals surface area contributed by atoms with E-state index < -0.39 is 46.7 Å². The molecule has 1 atom stereocenters. The number of carbonyl (C=O) groups is 2. The fourth-order valence-corrected chi connectivity index (χ4v) is 4.27. The average molecular weight is 441 g/mol. The number of amides is 1. The Kier molecular flexibility index (Phi) is 6.12. The monoisotopic (exact) mass is 441 g/mol. The van der Waals surface area contributed by atoms with Gasteiger partial charge in [0, 0.05) is 17.0 Å². The number of rotatable bonds is 4. The molecule has 1 aliphatic rings. The van der Waals surface area contributed by atoms with Gasteiger partial charge in [-0.15, -0.1) is 11.3 Å². The lowest BCUT2D eigenvalue weighted by Crippen LogP contribution is -2.43. The highest BCUT2D eigenvalue weighted by molar-refractivity contribution is 7.17. The van der Waals surface area contributed by atoms with Crippen LogP contribution in [0.2, 0.25) is 0 Å². The standard InChI is InChI=1S/C21H22F3NO4S/c1-21(2,3)29-20(27)13-6-5-9-25(13)19(26)15-8-7-14(30-15)11-10-12(22)17(24)18(28-4)16(11)23/h7-8,10,13H,5-6,9H2,1-4H3. The number of methoxy groups -OCH3 is 1. The number of nitrogens with zero attached hydrogens (tertiary/aromatic N) is 1. The van der Waals surface area contributed by atoms with E-state index in [1.54, 1.807) is 20.8 Å². The van der Waals surface area contributed by atoms with Crippen molar-refractivity contribution < 1.29 is 32.2 Å². The Morgan fingerprint density at radius 2 is 1.87 bits per heavy atom. The van der Waals surface area contributed by atoms with Gasteiger partial charge in [0.05, 0.1) is 12.0 Å². The van der Waals surface area contributed by atoms with Gasteiger partial charge in [-0.3, -0.25) is 4.79 Å². The van der Waals surface area contributed by atoms with E-state index in [0.29, 0.717) is 19.4 Å². The molecule has 2 heterocycles. The van der Waals surface area contributed by atoms with Gasteiger partial charge in [-0.1, -0.05) is 0 Å². The van der Waals surface area contributed by atoms with Crippen LogP contribution in [0.4, 0.5) is 13.2 Å². The average Bonchev–Trinajstić information content (AvgIpc) is 3.33. The van der Waals surface area contributed by atoms with Crippen LogP contribution in [0.3, 0.4) is 0 Å². The number of thiophene rings is 1. The Morgan fingerprint density at radius 3 is 2.50 bits per heavy atom. The molecule has 0 saturated carbocycles. The molecule has 1 aromatic heterocycles. The van der Waals surface area contributed by atoms with E-state index in [1.807, 2.05) is 0 Å². The predicted molar refractivity (Wildman–Crippen MR) is 106 cm³/mol. The molecule has 1 aliphatic heterocycles. The number of ether oxygens (including phenoxy) is 2. The molecule has 0 N–H and O–H groups in total. The zero-order valence-electron chi connectivity index (χ0n) is 17.1. The summed E-state index contributed by atoms with van der Waals surface area (Å²) in [6.45, 7) is 5.65. The number of halogens is 3. The highest BCUT2D eigenvalue weighted by Crippen LogP contribution is 2.37. The second kappa shape index (κ2) is 8.29. The van der Waals surface area contributed by atoms with Crippen molar-refractivity contribution in [3.05, 3.63) is 40.5 Å². The minimum Gasteiger partial charge on any atom is -0.491 e. The molecule has 1 amide bonds. The van der Waals surface area contributed by atoms with Crippen molar-refractivity contribution >= 4 is 23.2 Å². The van der Waals surface area contributed by atoms with Crippen LogP contribution in [-0.4, -0.2) is 42.1 Å². The van der Waals surface area contributed by atoms with Crippen LogP contribution in [-0.2, 0) is 9.53 Å². The smallest absolute Gasteiger partial charge is 0.329 e. The van der Waals surface area contributed by atoms with Crippen LogP contribution in [0, 0.1) is 17.5 Å². The van der Waals surface area contributed by atoms with Gasteiger partial charge >= 0.3 is 5.97 Å². The molecule has 5 nitrogen and oxygen atoms in total. The highest BCUT2D eigenvalue weighted by Gasteiger charge is 2.37. The lowest BCUT2D eigenvalue weighted by Gasteiger charge is -2.27. The molecule has 0 radical (unpaired) electrons. The van der Waals surface area contributed by atoms with Gasteiger partial charge in [-0.25, -0.2) is 13.6 Å². The second-order valence-electron chi connectivity index (χ2n) is 7.92. The summed E-state index contributed by atoms with van der Waals surface area (Å²) in [6.07, 6.45) is 1.15. The van der Waals surface area contributed by atoms with Gasteiger partial charge in [0.2, 0.25) is 5.82 Å². The van der Waals surface area contributed by atoms with E-state index in [9.17, 15) is 22.8 Å². The summed E-state index contributed by atoms with van der Waals surface area (Å²) >= 11 is 0.928. The Balaban J connectivity index is 1.87. The maximum atomic E-state index is 14.6. The molecule has 9 heteroatoms. The molecule has 1 fully saturated rings. The summed E-state index contributed by atoms with van der Waals surface area (Å²) in [6, 6.07) is 2.96. The van der Waals surface area contributed by atoms with E-state index in [0.717, 1.165) is 24.5 Å². The molecule has 1 aromatic carbocycles. The third-order valence-corrected chi connectivity index (χ3v) is 5.70. The van der Waals surface area contributed by atoms with Crippen molar-refractivity contribution in [1.29, 1.82) is 0 Å².